The summed E-state index contributed by atoms with van der Waals surface area (Å²) >= 11 is 0. The molecule has 4 heterocycles. The van der Waals surface area contributed by atoms with Gasteiger partial charge in [0.1, 0.15) is 5.75 Å². The van der Waals surface area contributed by atoms with E-state index in [2.05, 4.69) is 53.1 Å². The highest BCUT2D eigenvalue weighted by Crippen LogP contribution is 2.35. The van der Waals surface area contributed by atoms with Gasteiger partial charge in [-0.1, -0.05) is 51.3 Å². The molecule has 1 fully saturated rings. The quantitative estimate of drug-likeness (QED) is 0.455. The van der Waals surface area contributed by atoms with Crippen LogP contribution in [0.1, 0.15) is 75.8 Å². The molecule has 2 aliphatic heterocycles. The Hall–Kier alpha value is -2.87. The van der Waals surface area contributed by atoms with Gasteiger partial charge in [0.2, 0.25) is 11.9 Å². The van der Waals surface area contributed by atoms with Gasteiger partial charge in [-0.05, 0) is 56.2 Å². The molecule has 188 valence electrons. The Morgan fingerprint density at radius 1 is 0.971 bits per heavy atom. The van der Waals surface area contributed by atoms with Crippen molar-refractivity contribution >= 4 is 17.5 Å². The van der Waals surface area contributed by atoms with Crippen LogP contribution >= 0.6 is 0 Å². The predicted molar refractivity (Wildman–Crippen MR) is 140 cm³/mol. The molecule has 8 heteroatoms. The van der Waals surface area contributed by atoms with Gasteiger partial charge in [0.15, 0.2) is 5.65 Å². The molecule has 8 nitrogen and oxygen atoms in total. The van der Waals surface area contributed by atoms with Crippen molar-refractivity contribution in [2.24, 2.45) is 5.41 Å². The molecule has 1 spiro atoms. The number of fused-ring (bicyclic) bond motifs is 5. The van der Waals surface area contributed by atoms with E-state index in [0.717, 1.165) is 55.2 Å². The number of hydrogen-bond donors (Lipinski definition) is 3. The molecule has 0 atom stereocenters. The van der Waals surface area contributed by atoms with Crippen LogP contribution in [0.2, 0.25) is 0 Å². The highest BCUT2D eigenvalue weighted by molar-refractivity contribution is 5.56. The van der Waals surface area contributed by atoms with Gasteiger partial charge in [-0.15, -0.1) is 0 Å². The first kappa shape index (κ1) is 23.9. The minimum Gasteiger partial charge on any atom is -0.493 e. The van der Waals surface area contributed by atoms with Crippen molar-refractivity contribution in [3.05, 3.63) is 41.6 Å². The van der Waals surface area contributed by atoms with Crippen molar-refractivity contribution in [1.82, 2.24) is 24.9 Å². The molecule has 0 radical (unpaired) electrons. The number of nitrogens with one attached hydrogen (secondary N) is 3. The van der Waals surface area contributed by atoms with E-state index in [-0.39, 0.29) is 5.41 Å². The Morgan fingerprint density at radius 3 is 2.66 bits per heavy atom. The molecule has 2 aromatic heterocycles. The zero-order valence-electron chi connectivity index (χ0n) is 21.1. The Morgan fingerprint density at radius 2 is 1.80 bits per heavy atom. The molecular formula is C27H39N7O. The van der Waals surface area contributed by atoms with Gasteiger partial charge in [0.25, 0.3) is 0 Å². The molecule has 5 rings (SSSR count). The molecular weight excluding hydrogens is 438 g/mol. The lowest BCUT2D eigenvalue weighted by molar-refractivity contribution is 0.193. The molecule has 0 saturated carbocycles. The SMILES string of the molecule is CC(C)c1cnn2c3nc(nc12)NCC1(CCCCCCOc2ccccc2CN3)CCNCC1. The molecule has 2 bridgehead atoms. The molecule has 1 aromatic carbocycles. The molecule has 0 aliphatic carbocycles. The van der Waals surface area contributed by atoms with Crippen LogP contribution in [-0.2, 0) is 6.54 Å². The minimum atomic E-state index is 0.288. The summed E-state index contributed by atoms with van der Waals surface area (Å²) in [5.41, 5.74) is 3.39. The van der Waals surface area contributed by atoms with Gasteiger partial charge < -0.3 is 20.7 Å². The third-order valence-corrected chi connectivity index (χ3v) is 7.57. The largest absolute Gasteiger partial charge is 0.493 e. The molecule has 3 aromatic rings. The van der Waals surface area contributed by atoms with E-state index in [4.69, 9.17) is 14.7 Å². The van der Waals surface area contributed by atoms with Crippen LogP contribution in [0.4, 0.5) is 11.9 Å². The first-order valence-electron chi connectivity index (χ1n) is 13.3. The molecule has 0 unspecified atom stereocenters. The highest BCUT2D eigenvalue weighted by atomic mass is 16.5. The summed E-state index contributed by atoms with van der Waals surface area (Å²) in [7, 11) is 0. The maximum Gasteiger partial charge on any atom is 0.229 e. The second-order valence-electron chi connectivity index (χ2n) is 10.4. The summed E-state index contributed by atoms with van der Waals surface area (Å²) in [6.45, 7) is 8.79. The number of ether oxygens (including phenoxy) is 1. The molecule has 35 heavy (non-hydrogen) atoms. The fourth-order valence-electron chi connectivity index (χ4n) is 5.34. The number of hydrogen-bond acceptors (Lipinski definition) is 7. The summed E-state index contributed by atoms with van der Waals surface area (Å²) in [5, 5.41) is 15.3. The van der Waals surface area contributed by atoms with Crippen molar-refractivity contribution in [1.29, 1.82) is 0 Å². The summed E-state index contributed by atoms with van der Waals surface area (Å²) < 4.78 is 8.02. The van der Waals surface area contributed by atoms with Crippen molar-refractivity contribution in [2.75, 3.05) is 36.9 Å². The molecule has 2 aliphatic rings. The third kappa shape index (κ3) is 5.53. The fourth-order valence-corrected chi connectivity index (χ4v) is 5.34. The normalized spacial score (nSPS) is 19.4. The number of benzene rings is 1. The standard InChI is InChI=1S/C27H39N7O/c1-20(2)22-18-31-34-24(22)32-25-30-19-27(12-14-28-15-13-27)11-7-3-4-8-16-35-23-10-6-5-9-21(23)17-29-26(34)33-25/h5-6,9-10,18,20,28H,3-4,7-8,11-17,19H2,1-2H3,(H2,29,30,32,33). The second-order valence-corrected chi connectivity index (χ2v) is 10.4. The van der Waals surface area contributed by atoms with Gasteiger partial charge >= 0.3 is 0 Å². The number of aromatic nitrogens is 4. The average molecular weight is 478 g/mol. The Kier molecular flexibility index (Phi) is 7.37. The predicted octanol–water partition coefficient (Wildman–Crippen LogP) is 4.98. The van der Waals surface area contributed by atoms with E-state index in [9.17, 15) is 0 Å². The van der Waals surface area contributed by atoms with E-state index < -0.39 is 0 Å². The maximum atomic E-state index is 6.19. The lowest BCUT2D eigenvalue weighted by atomic mass is 9.74. The Labute approximate surface area is 208 Å². The number of para-hydroxylation sites is 1. The van der Waals surface area contributed by atoms with E-state index in [1.165, 1.54) is 38.5 Å². The fraction of sp³-hybridized carbons (Fsp3) is 0.593. The lowest BCUT2D eigenvalue weighted by Crippen LogP contribution is -2.41. The van der Waals surface area contributed by atoms with Crippen molar-refractivity contribution < 1.29 is 4.74 Å². The van der Waals surface area contributed by atoms with Crippen LogP contribution in [0.5, 0.6) is 5.75 Å². The first-order valence-corrected chi connectivity index (χ1v) is 13.3. The van der Waals surface area contributed by atoms with E-state index in [0.29, 0.717) is 24.4 Å². The van der Waals surface area contributed by atoms with Gasteiger partial charge in [0.05, 0.1) is 12.8 Å². The summed E-state index contributed by atoms with van der Waals surface area (Å²) in [6.07, 6.45) is 10.3. The Balaban J connectivity index is 1.48. The maximum absolute atomic E-state index is 6.19. The second kappa shape index (κ2) is 10.8. The van der Waals surface area contributed by atoms with Gasteiger partial charge in [-0.3, -0.25) is 0 Å². The summed E-state index contributed by atoms with van der Waals surface area (Å²) in [4.78, 5) is 9.81. The van der Waals surface area contributed by atoms with Crippen molar-refractivity contribution in [3.63, 3.8) is 0 Å². The molecule has 3 N–H and O–H groups in total. The zero-order valence-corrected chi connectivity index (χ0v) is 21.1. The zero-order chi connectivity index (χ0) is 24.1. The minimum absolute atomic E-state index is 0.288. The van der Waals surface area contributed by atoms with E-state index in [1.54, 1.807) is 0 Å². The third-order valence-electron chi connectivity index (χ3n) is 7.57. The van der Waals surface area contributed by atoms with Crippen LogP contribution in [0, 0.1) is 5.41 Å². The molecule has 0 amide bonds. The Bertz CT molecular complexity index is 1120. The number of anilines is 2. The number of rotatable bonds is 1. The molecule has 1 saturated heterocycles. The van der Waals surface area contributed by atoms with Crippen LogP contribution in [0.15, 0.2) is 30.5 Å². The smallest absolute Gasteiger partial charge is 0.229 e. The highest BCUT2D eigenvalue weighted by Gasteiger charge is 2.31. The first-order chi connectivity index (χ1) is 17.1. The van der Waals surface area contributed by atoms with Crippen molar-refractivity contribution in [3.8, 4) is 5.75 Å². The van der Waals surface area contributed by atoms with Crippen LogP contribution in [0.3, 0.4) is 0 Å². The average Bonchev–Trinajstić information content (AvgIpc) is 3.31. The van der Waals surface area contributed by atoms with Gasteiger partial charge in [-0.2, -0.15) is 19.6 Å². The van der Waals surface area contributed by atoms with Crippen LogP contribution in [-0.4, -0.2) is 45.8 Å². The summed E-state index contributed by atoms with van der Waals surface area (Å²) in [5.74, 6) is 2.64. The monoisotopic (exact) mass is 477 g/mol. The number of piperidine rings is 1. The number of nitrogens with zero attached hydrogens (tertiary/aromatic N) is 4. The van der Waals surface area contributed by atoms with Gasteiger partial charge in [0, 0.05) is 24.2 Å². The lowest BCUT2D eigenvalue weighted by Gasteiger charge is -2.38. The van der Waals surface area contributed by atoms with E-state index in [1.807, 2.05) is 16.8 Å². The van der Waals surface area contributed by atoms with Crippen molar-refractivity contribution in [2.45, 2.75) is 71.3 Å². The topological polar surface area (TPSA) is 88.4 Å². The van der Waals surface area contributed by atoms with Gasteiger partial charge in [-0.25, -0.2) is 0 Å². The summed E-state index contributed by atoms with van der Waals surface area (Å²) in [6, 6.07) is 8.25. The van der Waals surface area contributed by atoms with E-state index >= 15 is 0 Å². The van der Waals surface area contributed by atoms with Crippen LogP contribution in [0.25, 0.3) is 5.65 Å². The van der Waals surface area contributed by atoms with Crippen LogP contribution < -0.4 is 20.7 Å².